The van der Waals surface area contributed by atoms with Gasteiger partial charge in [0.25, 0.3) is 0 Å². The number of aromatic amines is 1. The minimum absolute atomic E-state index is 0.559. The summed E-state index contributed by atoms with van der Waals surface area (Å²) in [4.78, 5) is 4.27. The summed E-state index contributed by atoms with van der Waals surface area (Å²) in [6, 6.07) is 3.78. The Morgan fingerprint density at radius 2 is 2.20 bits per heavy atom. The number of fused-ring (bicyclic) bond motifs is 1. The maximum absolute atomic E-state index is 5.92. The zero-order valence-corrected chi connectivity index (χ0v) is 12.7. The Bertz CT molecular complexity index is 626. The maximum Gasteiger partial charge on any atom is 0.178 e. The highest BCUT2D eigenvalue weighted by Crippen LogP contribution is 2.19. The zero-order valence-electron chi connectivity index (χ0n) is 11.9. The molecule has 0 saturated carbocycles. The molecule has 2 heterocycles. The van der Waals surface area contributed by atoms with Gasteiger partial charge in [-0.3, -0.25) is 10.1 Å². The van der Waals surface area contributed by atoms with Crippen molar-refractivity contribution in [3.8, 4) is 0 Å². The third-order valence-electron chi connectivity index (χ3n) is 2.38. The zero-order chi connectivity index (χ0) is 15.0. The van der Waals surface area contributed by atoms with E-state index in [0.717, 1.165) is 16.7 Å². The molecule has 0 aromatic carbocycles. The van der Waals surface area contributed by atoms with Gasteiger partial charge >= 0.3 is 0 Å². The summed E-state index contributed by atoms with van der Waals surface area (Å²) in [6.07, 6.45) is 6.98. The summed E-state index contributed by atoms with van der Waals surface area (Å²) in [7, 11) is 0. The number of halogens is 1. The number of allylic oxidation sites excluding steroid dienone is 4. The Morgan fingerprint density at radius 1 is 1.45 bits per heavy atom. The molecule has 20 heavy (non-hydrogen) atoms. The monoisotopic (exact) mass is 290 g/mol. The fraction of sp³-hybridized carbons (Fsp3) is 0.200. The van der Waals surface area contributed by atoms with Crippen LogP contribution in [-0.4, -0.2) is 15.2 Å². The predicted molar refractivity (Wildman–Crippen MR) is 86.7 cm³/mol. The van der Waals surface area contributed by atoms with Crippen LogP contribution in [0.2, 0.25) is 0 Å². The van der Waals surface area contributed by atoms with Gasteiger partial charge in [-0.05, 0) is 25.1 Å². The van der Waals surface area contributed by atoms with Gasteiger partial charge in [-0.25, -0.2) is 0 Å². The number of nitrogens with one attached hydrogen (secondary N) is 2. The highest BCUT2D eigenvalue weighted by molar-refractivity contribution is 6.31. The minimum Gasteiger partial charge on any atom is -0.337 e. The third kappa shape index (κ3) is 3.96. The van der Waals surface area contributed by atoms with Crippen molar-refractivity contribution in [2.45, 2.75) is 20.8 Å². The van der Waals surface area contributed by atoms with Crippen LogP contribution in [0.4, 0.5) is 5.82 Å². The molecule has 0 radical (unpaired) electrons. The molecule has 2 aromatic heterocycles. The molecule has 0 aliphatic heterocycles. The van der Waals surface area contributed by atoms with Gasteiger partial charge in [0.1, 0.15) is 5.52 Å². The van der Waals surface area contributed by atoms with Crippen LogP contribution in [0, 0.1) is 0 Å². The summed E-state index contributed by atoms with van der Waals surface area (Å²) >= 11 is 5.92. The van der Waals surface area contributed by atoms with E-state index in [9.17, 15) is 0 Å². The van der Waals surface area contributed by atoms with E-state index in [4.69, 9.17) is 11.6 Å². The van der Waals surface area contributed by atoms with Crippen molar-refractivity contribution in [2.24, 2.45) is 0 Å². The molecule has 0 amide bonds. The van der Waals surface area contributed by atoms with Gasteiger partial charge in [-0.15, -0.1) is 0 Å². The Hall–Kier alpha value is -2.07. The molecular formula is C15H19ClN4. The van der Waals surface area contributed by atoms with E-state index in [2.05, 4.69) is 27.1 Å². The molecule has 0 spiro atoms. The normalized spacial score (nSPS) is 11.8. The molecule has 0 saturated heterocycles. The Kier molecular flexibility index (Phi) is 6.53. The van der Waals surface area contributed by atoms with Crippen LogP contribution < -0.4 is 5.32 Å². The second-order valence-corrected chi connectivity index (χ2v) is 4.01. The van der Waals surface area contributed by atoms with Crippen molar-refractivity contribution in [1.82, 2.24) is 15.2 Å². The Morgan fingerprint density at radius 3 is 2.85 bits per heavy atom. The van der Waals surface area contributed by atoms with Gasteiger partial charge in [0, 0.05) is 16.9 Å². The minimum atomic E-state index is 0.559. The van der Waals surface area contributed by atoms with E-state index in [1.54, 1.807) is 18.3 Å². The number of hydrogen-bond acceptors (Lipinski definition) is 3. The Balaban J connectivity index is 0.000000956. The van der Waals surface area contributed by atoms with Crippen molar-refractivity contribution in [1.29, 1.82) is 0 Å². The lowest BCUT2D eigenvalue weighted by molar-refractivity contribution is 1.11. The molecule has 2 N–H and O–H groups in total. The van der Waals surface area contributed by atoms with E-state index >= 15 is 0 Å². The van der Waals surface area contributed by atoms with Gasteiger partial charge in [0.15, 0.2) is 5.82 Å². The first-order valence-corrected chi connectivity index (χ1v) is 6.84. The van der Waals surface area contributed by atoms with E-state index in [1.165, 1.54) is 0 Å². The van der Waals surface area contributed by atoms with Crippen LogP contribution in [0.25, 0.3) is 11.0 Å². The molecule has 5 heteroatoms. The van der Waals surface area contributed by atoms with Crippen LogP contribution in [-0.2, 0) is 0 Å². The molecule has 2 aromatic rings. The summed E-state index contributed by atoms with van der Waals surface area (Å²) in [5.74, 6) is 0.670. The van der Waals surface area contributed by atoms with Gasteiger partial charge in [-0.2, -0.15) is 5.10 Å². The number of anilines is 1. The van der Waals surface area contributed by atoms with Crippen molar-refractivity contribution in [3.05, 3.63) is 53.9 Å². The SMILES string of the molecule is C=C/C(Cl)=C\C(=C/C)Nc1n[nH]c2cccnc12.CC. The highest BCUT2D eigenvalue weighted by atomic mass is 35.5. The topological polar surface area (TPSA) is 53.6 Å². The van der Waals surface area contributed by atoms with Crippen LogP contribution >= 0.6 is 11.6 Å². The van der Waals surface area contributed by atoms with Crippen LogP contribution in [0.3, 0.4) is 0 Å². The van der Waals surface area contributed by atoms with Crippen molar-refractivity contribution in [2.75, 3.05) is 5.32 Å². The second kappa shape index (κ2) is 8.17. The average molecular weight is 291 g/mol. The average Bonchev–Trinajstić information content (AvgIpc) is 2.91. The van der Waals surface area contributed by atoms with E-state index in [-0.39, 0.29) is 0 Å². The van der Waals surface area contributed by atoms with Crippen LogP contribution in [0.1, 0.15) is 20.8 Å². The number of pyridine rings is 1. The molecule has 0 bridgehead atoms. The van der Waals surface area contributed by atoms with E-state index in [0.29, 0.717) is 10.9 Å². The van der Waals surface area contributed by atoms with Crippen LogP contribution in [0.15, 0.2) is 53.9 Å². The number of H-pyrrole nitrogens is 1. The lowest BCUT2D eigenvalue weighted by Crippen LogP contribution is -1.98. The van der Waals surface area contributed by atoms with E-state index < -0.39 is 0 Å². The van der Waals surface area contributed by atoms with Crippen molar-refractivity contribution in [3.63, 3.8) is 0 Å². The molecule has 0 aliphatic rings. The number of hydrogen-bond donors (Lipinski definition) is 2. The number of nitrogens with zero attached hydrogens (tertiary/aromatic N) is 2. The largest absolute Gasteiger partial charge is 0.337 e. The first-order chi connectivity index (χ1) is 9.74. The second-order valence-electron chi connectivity index (χ2n) is 3.57. The summed E-state index contributed by atoms with van der Waals surface area (Å²) in [5, 5.41) is 10.8. The van der Waals surface area contributed by atoms with Crippen molar-refractivity contribution >= 4 is 28.5 Å². The summed E-state index contributed by atoms with van der Waals surface area (Å²) in [6.45, 7) is 9.52. The molecule has 2 rings (SSSR count). The summed E-state index contributed by atoms with van der Waals surface area (Å²) < 4.78 is 0. The summed E-state index contributed by atoms with van der Waals surface area (Å²) in [5.41, 5.74) is 2.51. The predicted octanol–water partition coefficient (Wildman–Crippen LogP) is 4.61. The van der Waals surface area contributed by atoms with Gasteiger partial charge in [-0.1, -0.05) is 44.2 Å². The fourth-order valence-corrected chi connectivity index (χ4v) is 1.59. The fourth-order valence-electron chi connectivity index (χ4n) is 1.48. The first kappa shape index (κ1) is 16.0. The molecule has 0 unspecified atom stereocenters. The van der Waals surface area contributed by atoms with Gasteiger partial charge in [0.2, 0.25) is 0 Å². The van der Waals surface area contributed by atoms with Gasteiger partial charge in [0.05, 0.1) is 5.52 Å². The molecule has 0 fully saturated rings. The molecule has 0 atom stereocenters. The highest BCUT2D eigenvalue weighted by Gasteiger charge is 2.06. The van der Waals surface area contributed by atoms with Gasteiger partial charge < -0.3 is 5.32 Å². The van der Waals surface area contributed by atoms with Crippen LogP contribution in [0.5, 0.6) is 0 Å². The lowest BCUT2D eigenvalue weighted by atomic mass is 10.3. The van der Waals surface area contributed by atoms with E-state index in [1.807, 2.05) is 39.0 Å². The third-order valence-corrected chi connectivity index (χ3v) is 2.65. The smallest absolute Gasteiger partial charge is 0.178 e. The Labute approximate surface area is 124 Å². The molecule has 0 aliphatic carbocycles. The first-order valence-electron chi connectivity index (χ1n) is 6.46. The number of rotatable bonds is 4. The molecule has 106 valence electrons. The lowest BCUT2D eigenvalue weighted by Gasteiger charge is -2.03. The molecular weight excluding hydrogens is 272 g/mol. The number of aromatic nitrogens is 3. The quantitative estimate of drug-likeness (QED) is 0.809. The molecule has 4 nitrogen and oxygen atoms in total. The maximum atomic E-state index is 5.92. The van der Waals surface area contributed by atoms with Crippen molar-refractivity contribution < 1.29 is 0 Å². The standard InChI is InChI=1S/C13H13ClN4.C2H6/c1-3-9(14)8-10(4-2)16-13-12-11(17-18-13)6-5-7-15-12;1-2/h3-8H,1H2,2H3,(H2,16,17,18);1-2H3/b9-8+,10-4+;.